The van der Waals surface area contributed by atoms with Crippen LogP contribution in [0.15, 0.2) is 53.4 Å². The van der Waals surface area contributed by atoms with Gasteiger partial charge in [-0.2, -0.15) is 0 Å². The van der Waals surface area contributed by atoms with E-state index < -0.39 is 12.6 Å². The molecule has 1 heterocycles. The Morgan fingerprint density at radius 2 is 1.93 bits per heavy atom. The smallest absolute Gasteiger partial charge is 0.341 e. The number of carboxylic acid groups (broad SMARTS) is 1. The molecule has 0 bridgehead atoms. The van der Waals surface area contributed by atoms with E-state index in [0.717, 1.165) is 5.75 Å². The Bertz CT molecular complexity index is 977. The Balaban J connectivity index is 1.66. The normalized spacial score (nSPS) is 14.8. The van der Waals surface area contributed by atoms with Crippen LogP contribution in [0.5, 0.6) is 17.2 Å². The Labute approximate surface area is 183 Å². The Kier molecular flexibility index (Phi) is 7.31. The first-order valence-corrected chi connectivity index (χ1v) is 10.2. The minimum Gasteiger partial charge on any atom is -0.493 e. The number of amides is 1. The van der Waals surface area contributed by atoms with Gasteiger partial charge < -0.3 is 19.3 Å². The lowest BCUT2D eigenvalue weighted by molar-refractivity contribution is -0.139. The number of methoxy groups -OCH3 is 1. The van der Waals surface area contributed by atoms with Gasteiger partial charge in [0.2, 0.25) is 0 Å². The minimum atomic E-state index is -1.08. The van der Waals surface area contributed by atoms with Crippen LogP contribution in [0.4, 0.5) is 0 Å². The predicted molar refractivity (Wildman–Crippen MR) is 118 cm³/mol. The van der Waals surface area contributed by atoms with E-state index in [1.807, 2.05) is 30.3 Å². The summed E-state index contributed by atoms with van der Waals surface area (Å²) in [5, 5.41) is 8.75. The van der Waals surface area contributed by atoms with Crippen LogP contribution in [-0.2, 0) is 9.59 Å². The molecule has 3 rings (SSSR count). The number of rotatable bonds is 9. The summed E-state index contributed by atoms with van der Waals surface area (Å²) < 4.78 is 16.6. The first-order valence-electron chi connectivity index (χ1n) is 8.94. The molecule has 1 amide bonds. The van der Waals surface area contributed by atoms with Crippen molar-refractivity contribution in [3.63, 3.8) is 0 Å². The molecule has 156 valence electrons. The van der Waals surface area contributed by atoms with Gasteiger partial charge in [-0.05, 0) is 35.9 Å². The van der Waals surface area contributed by atoms with Gasteiger partial charge in [0.05, 0.1) is 18.6 Å². The van der Waals surface area contributed by atoms with E-state index in [2.05, 4.69) is 0 Å². The minimum absolute atomic E-state index is 0.188. The fourth-order valence-electron chi connectivity index (χ4n) is 2.65. The molecule has 30 heavy (non-hydrogen) atoms. The average Bonchev–Trinajstić information content (AvgIpc) is 3.00. The number of carbonyl (C=O) groups is 2. The first kappa shape index (κ1) is 21.7. The third kappa shape index (κ3) is 5.52. The number of carboxylic acids is 1. The van der Waals surface area contributed by atoms with E-state index >= 15 is 0 Å². The second-order valence-corrected chi connectivity index (χ2v) is 7.76. The monoisotopic (exact) mass is 445 g/mol. The maximum absolute atomic E-state index is 12.7. The number of benzene rings is 2. The molecular weight excluding hydrogens is 426 g/mol. The average molecular weight is 446 g/mol. The fraction of sp³-hybridized carbons (Fsp3) is 0.190. The fourth-order valence-corrected chi connectivity index (χ4v) is 3.96. The van der Waals surface area contributed by atoms with E-state index in [9.17, 15) is 9.59 Å². The van der Waals surface area contributed by atoms with Crippen LogP contribution in [-0.4, -0.2) is 53.1 Å². The van der Waals surface area contributed by atoms with Crippen molar-refractivity contribution < 1.29 is 28.9 Å². The van der Waals surface area contributed by atoms with Crippen LogP contribution >= 0.6 is 24.0 Å². The van der Waals surface area contributed by atoms with Gasteiger partial charge in [-0.15, -0.1) is 0 Å². The summed E-state index contributed by atoms with van der Waals surface area (Å²) in [6.07, 6.45) is 1.71. The standard InChI is InChI=1S/C21H19NO6S2/c1-26-17-11-14(7-8-16(17)28-13-19(23)24)12-18-20(25)22(21(29)30-18)9-10-27-15-5-3-2-4-6-15/h2-8,11-12H,9-10,13H2,1H3,(H,23,24)/b18-12-. The van der Waals surface area contributed by atoms with Crippen molar-refractivity contribution in [3.8, 4) is 17.2 Å². The highest BCUT2D eigenvalue weighted by molar-refractivity contribution is 8.26. The van der Waals surface area contributed by atoms with Crippen molar-refractivity contribution in [1.29, 1.82) is 0 Å². The molecule has 1 saturated heterocycles. The topological polar surface area (TPSA) is 85.3 Å². The van der Waals surface area contributed by atoms with Gasteiger partial charge in [-0.1, -0.05) is 48.2 Å². The van der Waals surface area contributed by atoms with Gasteiger partial charge in [-0.25, -0.2) is 4.79 Å². The molecule has 0 spiro atoms. The molecule has 0 saturated carbocycles. The number of thioether (sulfide) groups is 1. The lowest BCUT2D eigenvalue weighted by Crippen LogP contribution is -2.32. The summed E-state index contributed by atoms with van der Waals surface area (Å²) in [6.45, 7) is 0.203. The first-order chi connectivity index (χ1) is 14.5. The number of hydrogen-bond donors (Lipinski definition) is 1. The van der Waals surface area contributed by atoms with Crippen LogP contribution < -0.4 is 14.2 Å². The van der Waals surface area contributed by atoms with Crippen LogP contribution in [0, 0.1) is 0 Å². The van der Waals surface area contributed by atoms with E-state index in [4.69, 9.17) is 31.5 Å². The highest BCUT2D eigenvalue weighted by Gasteiger charge is 2.31. The van der Waals surface area contributed by atoms with Crippen molar-refractivity contribution in [2.24, 2.45) is 0 Å². The molecule has 7 nitrogen and oxygen atoms in total. The Morgan fingerprint density at radius 3 is 2.63 bits per heavy atom. The maximum atomic E-state index is 12.7. The molecule has 0 aliphatic carbocycles. The zero-order valence-corrected chi connectivity index (χ0v) is 17.7. The van der Waals surface area contributed by atoms with Gasteiger partial charge in [-0.3, -0.25) is 9.69 Å². The zero-order valence-electron chi connectivity index (χ0n) is 16.1. The number of carbonyl (C=O) groups excluding carboxylic acids is 1. The zero-order chi connectivity index (χ0) is 21.5. The van der Waals surface area contributed by atoms with E-state index in [0.29, 0.717) is 39.4 Å². The molecule has 0 atom stereocenters. The molecule has 0 unspecified atom stereocenters. The van der Waals surface area contributed by atoms with Crippen LogP contribution in [0.3, 0.4) is 0 Å². The third-order valence-electron chi connectivity index (χ3n) is 4.04. The molecule has 1 aliphatic heterocycles. The molecule has 9 heteroatoms. The lowest BCUT2D eigenvalue weighted by Gasteiger charge is -2.14. The summed E-state index contributed by atoms with van der Waals surface area (Å²) in [6, 6.07) is 14.3. The van der Waals surface area contributed by atoms with Crippen LogP contribution in [0.25, 0.3) is 6.08 Å². The van der Waals surface area contributed by atoms with E-state index in [1.54, 1.807) is 24.3 Å². The summed E-state index contributed by atoms with van der Waals surface area (Å²) in [5.74, 6) is 0.142. The summed E-state index contributed by atoms with van der Waals surface area (Å²) >= 11 is 6.56. The predicted octanol–water partition coefficient (Wildman–Crippen LogP) is 3.44. The number of ether oxygens (including phenoxy) is 3. The van der Waals surface area contributed by atoms with Gasteiger partial charge in [0, 0.05) is 0 Å². The van der Waals surface area contributed by atoms with E-state index in [1.165, 1.54) is 23.8 Å². The second-order valence-electron chi connectivity index (χ2n) is 6.09. The number of nitrogens with zero attached hydrogens (tertiary/aromatic N) is 1. The summed E-state index contributed by atoms with van der Waals surface area (Å²) in [5.41, 5.74) is 0.704. The molecule has 1 aliphatic rings. The summed E-state index contributed by atoms with van der Waals surface area (Å²) in [7, 11) is 1.46. The van der Waals surface area contributed by atoms with Crippen molar-refractivity contribution in [2.75, 3.05) is 26.9 Å². The van der Waals surface area contributed by atoms with Gasteiger partial charge in [0.1, 0.15) is 16.7 Å². The summed E-state index contributed by atoms with van der Waals surface area (Å²) in [4.78, 5) is 25.4. The number of para-hydroxylation sites is 1. The van der Waals surface area contributed by atoms with Crippen LogP contribution in [0.1, 0.15) is 5.56 Å². The van der Waals surface area contributed by atoms with Crippen molar-refractivity contribution >= 4 is 46.3 Å². The molecule has 0 aromatic heterocycles. The van der Waals surface area contributed by atoms with Gasteiger partial charge >= 0.3 is 5.97 Å². The Morgan fingerprint density at radius 1 is 1.17 bits per heavy atom. The molecule has 1 fully saturated rings. The quantitative estimate of drug-likeness (QED) is 0.464. The van der Waals surface area contributed by atoms with Crippen LogP contribution in [0.2, 0.25) is 0 Å². The second kappa shape index (κ2) is 10.1. The molecular formula is C21H19NO6S2. The van der Waals surface area contributed by atoms with Crippen molar-refractivity contribution in [3.05, 3.63) is 59.0 Å². The van der Waals surface area contributed by atoms with Crippen molar-refractivity contribution in [2.45, 2.75) is 0 Å². The SMILES string of the molecule is COc1cc(/C=C2\SC(=S)N(CCOc3ccccc3)C2=O)ccc1OCC(=O)O. The highest BCUT2D eigenvalue weighted by Crippen LogP contribution is 2.34. The Hall–Kier alpha value is -3.04. The van der Waals surface area contributed by atoms with E-state index in [-0.39, 0.29) is 5.91 Å². The number of thiocarbonyl (C=S) groups is 1. The lowest BCUT2D eigenvalue weighted by atomic mass is 10.2. The molecule has 1 N–H and O–H groups in total. The van der Waals surface area contributed by atoms with Gasteiger partial charge in [0.15, 0.2) is 18.1 Å². The van der Waals surface area contributed by atoms with Gasteiger partial charge in [0.25, 0.3) is 5.91 Å². The maximum Gasteiger partial charge on any atom is 0.341 e. The number of hydrogen-bond acceptors (Lipinski definition) is 7. The third-order valence-corrected chi connectivity index (χ3v) is 5.41. The highest BCUT2D eigenvalue weighted by atomic mass is 32.2. The molecule has 2 aromatic rings. The molecule has 2 aromatic carbocycles. The molecule has 0 radical (unpaired) electrons. The van der Waals surface area contributed by atoms with Crippen molar-refractivity contribution in [1.82, 2.24) is 4.90 Å². The number of aliphatic carboxylic acids is 1. The largest absolute Gasteiger partial charge is 0.493 e.